The molecule has 0 saturated heterocycles. The molecule has 0 bridgehead atoms. The molecule has 1 aromatic heterocycles. The third-order valence-electron chi connectivity index (χ3n) is 3.00. The zero-order valence-electron chi connectivity index (χ0n) is 13.3. The molecule has 1 heterocycles. The third kappa shape index (κ3) is 3.71. The first-order chi connectivity index (χ1) is 11.1. The SMILES string of the molecule is CCOC(=O)c1c(-c2ccccc2)[nH]c(OCC)c1OC(C)=O. The zero-order valence-corrected chi connectivity index (χ0v) is 13.3. The van der Waals surface area contributed by atoms with Gasteiger partial charge in [0.05, 0.1) is 18.9 Å². The first-order valence-corrected chi connectivity index (χ1v) is 7.38. The second-order valence-electron chi connectivity index (χ2n) is 4.65. The number of hydrogen-bond acceptors (Lipinski definition) is 5. The predicted octanol–water partition coefficient (Wildman–Crippen LogP) is 3.18. The van der Waals surface area contributed by atoms with E-state index in [0.29, 0.717) is 12.3 Å². The van der Waals surface area contributed by atoms with E-state index in [1.54, 1.807) is 13.8 Å². The molecule has 122 valence electrons. The molecule has 0 fully saturated rings. The Hall–Kier alpha value is -2.76. The van der Waals surface area contributed by atoms with Crippen molar-refractivity contribution in [2.45, 2.75) is 20.8 Å². The summed E-state index contributed by atoms with van der Waals surface area (Å²) in [5.41, 5.74) is 1.40. The molecule has 6 heteroatoms. The van der Waals surface area contributed by atoms with Crippen molar-refractivity contribution >= 4 is 11.9 Å². The molecule has 2 aromatic rings. The van der Waals surface area contributed by atoms with Gasteiger partial charge in [-0.05, 0) is 19.4 Å². The van der Waals surface area contributed by atoms with Crippen LogP contribution in [0.25, 0.3) is 11.3 Å². The van der Waals surface area contributed by atoms with E-state index in [2.05, 4.69) is 4.98 Å². The average Bonchev–Trinajstić information content (AvgIpc) is 2.87. The van der Waals surface area contributed by atoms with Crippen LogP contribution in [0.4, 0.5) is 0 Å². The van der Waals surface area contributed by atoms with E-state index in [0.717, 1.165) is 5.56 Å². The van der Waals surface area contributed by atoms with Gasteiger partial charge >= 0.3 is 11.9 Å². The molecule has 0 saturated carbocycles. The number of carbonyl (C=O) groups excluding carboxylic acids is 2. The van der Waals surface area contributed by atoms with Crippen molar-refractivity contribution in [1.29, 1.82) is 0 Å². The Kier molecular flexibility index (Phi) is 5.41. The third-order valence-corrected chi connectivity index (χ3v) is 3.00. The van der Waals surface area contributed by atoms with E-state index >= 15 is 0 Å². The Morgan fingerprint density at radius 3 is 2.35 bits per heavy atom. The normalized spacial score (nSPS) is 10.2. The van der Waals surface area contributed by atoms with Gasteiger partial charge in [-0.1, -0.05) is 30.3 Å². The summed E-state index contributed by atoms with van der Waals surface area (Å²) >= 11 is 0. The highest BCUT2D eigenvalue weighted by atomic mass is 16.6. The summed E-state index contributed by atoms with van der Waals surface area (Å²) in [6, 6.07) is 9.23. The first kappa shape index (κ1) is 16.6. The fourth-order valence-corrected chi connectivity index (χ4v) is 2.17. The molecule has 0 aliphatic heterocycles. The number of rotatable bonds is 6. The summed E-state index contributed by atoms with van der Waals surface area (Å²) in [5, 5.41) is 0. The molecular formula is C17H19NO5. The van der Waals surface area contributed by atoms with E-state index in [9.17, 15) is 9.59 Å². The van der Waals surface area contributed by atoms with Crippen molar-refractivity contribution in [2.24, 2.45) is 0 Å². The number of aromatic amines is 1. The molecule has 1 N–H and O–H groups in total. The zero-order chi connectivity index (χ0) is 16.8. The lowest BCUT2D eigenvalue weighted by Gasteiger charge is -2.07. The summed E-state index contributed by atoms with van der Waals surface area (Å²) in [4.78, 5) is 26.8. The van der Waals surface area contributed by atoms with Crippen LogP contribution in [0.15, 0.2) is 30.3 Å². The second kappa shape index (κ2) is 7.49. The highest BCUT2D eigenvalue weighted by Crippen LogP contribution is 2.39. The molecule has 23 heavy (non-hydrogen) atoms. The Labute approximate surface area is 134 Å². The van der Waals surface area contributed by atoms with Gasteiger partial charge in [0.25, 0.3) is 0 Å². The molecule has 0 amide bonds. The Morgan fingerprint density at radius 2 is 1.78 bits per heavy atom. The van der Waals surface area contributed by atoms with E-state index < -0.39 is 11.9 Å². The van der Waals surface area contributed by atoms with Crippen molar-refractivity contribution in [3.63, 3.8) is 0 Å². The molecule has 1 aromatic carbocycles. The maximum absolute atomic E-state index is 12.4. The van der Waals surface area contributed by atoms with Crippen LogP contribution in [-0.4, -0.2) is 30.1 Å². The summed E-state index contributed by atoms with van der Waals surface area (Å²) in [6.07, 6.45) is 0. The number of esters is 2. The number of aromatic nitrogens is 1. The number of ether oxygens (including phenoxy) is 3. The van der Waals surface area contributed by atoms with Crippen molar-refractivity contribution < 1.29 is 23.8 Å². The largest absolute Gasteiger partial charge is 0.477 e. The Balaban J connectivity index is 2.64. The molecule has 6 nitrogen and oxygen atoms in total. The fourth-order valence-electron chi connectivity index (χ4n) is 2.17. The lowest BCUT2D eigenvalue weighted by Crippen LogP contribution is -2.10. The molecule has 2 rings (SSSR count). The Morgan fingerprint density at radius 1 is 1.09 bits per heavy atom. The van der Waals surface area contributed by atoms with Gasteiger partial charge in [-0.2, -0.15) is 0 Å². The smallest absolute Gasteiger partial charge is 0.344 e. The van der Waals surface area contributed by atoms with Gasteiger partial charge in [0.2, 0.25) is 11.6 Å². The number of hydrogen-bond donors (Lipinski definition) is 1. The van der Waals surface area contributed by atoms with Crippen LogP contribution in [0.5, 0.6) is 11.6 Å². The van der Waals surface area contributed by atoms with Crippen LogP contribution < -0.4 is 9.47 Å². The lowest BCUT2D eigenvalue weighted by molar-refractivity contribution is -0.132. The van der Waals surface area contributed by atoms with Crippen LogP contribution in [0, 0.1) is 0 Å². The van der Waals surface area contributed by atoms with Gasteiger partial charge in [0.15, 0.2) is 0 Å². The van der Waals surface area contributed by atoms with Crippen LogP contribution in [-0.2, 0) is 9.53 Å². The molecule has 0 atom stereocenters. The highest BCUT2D eigenvalue weighted by Gasteiger charge is 2.28. The summed E-state index contributed by atoms with van der Waals surface area (Å²) < 4.78 is 15.8. The van der Waals surface area contributed by atoms with Gasteiger partial charge in [0.1, 0.15) is 5.56 Å². The molecule has 0 aliphatic rings. The van der Waals surface area contributed by atoms with Gasteiger partial charge in [0, 0.05) is 6.92 Å². The van der Waals surface area contributed by atoms with Crippen molar-refractivity contribution in [2.75, 3.05) is 13.2 Å². The first-order valence-electron chi connectivity index (χ1n) is 7.38. The Bertz CT molecular complexity index is 691. The standard InChI is InChI=1S/C17H19NO5/c1-4-21-16-15(23-11(3)19)13(17(20)22-5-2)14(18-16)12-9-7-6-8-10-12/h6-10,18H,4-5H2,1-3H3. The van der Waals surface area contributed by atoms with Crippen molar-refractivity contribution in [1.82, 2.24) is 4.98 Å². The van der Waals surface area contributed by atoms with E-state index in [1.807, 2.05) is 30.3 Å². The molecule has 0 spiro atoms. The minimum Gasteiger partial charge on any atom is -0.477 e. The molecule has 0 aliphatic carbocycles. The van der Waals surface area contributed by atoms with Gasteiger partial charge in [-0.3, -0.25) is 4.79 Å². The van der Waals surface area contributed by atoms with E-state index in [4.69, 9.17) is 14.2 Å². The van der Waals surface area contributed by atoms with Crippen LogP contribution in [0.1, 0.15) is 31.1 Å². The van der Waals surface area contributed by atoms with Gasteiger partial charge < -0.3 is 19.2 Å². The van der Waals surface area contributed by atoms with Crippen molar-refractivity contribution in [3.05, 3.63) is 35.9 Å². The van der Waals surface area contributed by atoms with Crippen molar-refractivity contribution in [3.8, 4) is 22.9 Å². The summed E-state index contributed by atoms with van der Waals surface area (Å²) in [6.45, 7) is 5.33. The van der Waals surface area contributed by atoms with Crippen LogP contribution >= 0.6 is 0 Å². The predicted molar refractivity (Wildman–Crippen MR) is 84.7 cm³/mol. The topological polar surface area (TPSA) is 77.6 Å². The number of benzene rings is 1. The average molecular weight is 317 g/mol. The van der Waals surface area contributed by atoms with Gasteiger partial charge in [-0.15, -0.1) is 0 Å². The monoisotopic (exact) mass is 317 g/mol. The maximum atomic E-state index is 12.4. The van der Waals surface area contributed by atoms with Crippen LogP contribution in [0.2, 0.25) is 0 Å². The number of H-pyrrole nitrogens is 1. The summed E-state index contributed by atoms with van der Waals surface area (Å²) in [7, 11) is 0. The minimum atomic E-state index is -0.579. The highest BCUT2D eigenvalue weighted by molar-refractivity contribution is 6.01. The molecule has 0 unspecified atom stereocenters. The summed E-state index contributed by atoms with van der Waals surface area (Å²) in [5.74, 6) is -0.846. The maximum Gasteiger partial charge on any atom is 0.344 e. The van der Waals surface area contributed by atoms with E-state index in [1.165, 1.54) is 6.92 Å². The van der Waals surface area contributed by atoms with Gasteiger partial charge in [-0.25, -0.2) is 4.79 Å². The molecule has 0 radical (unpaired) electrons. The quantitative estimate of drug-likeness (QED) is 0.828. The van der Waals surface area contributed by atoms with E-state index in [-0.39, 0.29) is 23.8 Å². The minimum absolute atomic E-state index is 0.0525. The second-order valence-corrected chi connectivity index (χ2v) is 4.65. The lowest BCUT2D eigenvalue weighted by atomic mass is 10.1. The fraction of sp³-hybridized carbons (Fsp3) is 0.294. The number of carbonyl (C=O) groups is 2. The molecular weight excluding hydrogens is 298 g/mol. The number of nitrogens with one attached hydrogen (secondary N) is 1. The van der Waals surface area contributed by atoms with Crippen LogP contribution in [0.3, 0.4) is 0 Å².